The molecule has 0 saturated heterocycles. The van der Waals surface area contributed by atoms with Crippen LogP contribution in [-0.2, 0) is 19.5 Å². The number of fused-ring (bicyclic) bond motifs is 3. The van der Waals surface area contributed by atoms with Crippen molar-refractivity contribution in [2.75, 3.05) is 13.2 Å². The highest BCUT2D eigenvalue weighted by atomic mass is 79.9. The van der Waals surface area contributed by atoms with Crippen molar-refractivity contribution < 1.29 is 4.74 Å². The quantitative estimate of drug-likeness (QED) is 0.654. The number of benzene rings is 2. The van der Waals surface area contributed by atoms with E-state index < -0.39 is 0 Å². The molecule has 0 amide bonds. The molecule has 1 aromatic heterocycles. The number of hydrogen-bond acceptors (Lipinski definition) is 2. The van der Waals surface area contributed by atoms with Gasteiger partial charge in [-0.25, -0.2) is 0 Å². The summed E-state index contributed by atoms with van der Waals surface area (Å²) in [4.78, 5) is 0. The Morgan fingerprint density at radius 1 is 1.08 bits per heavy atom. The van der Waals surface area contributed by atoms with Crippen molar-refractivity contribution >= 4 is 26.8 Å². The van der Waals surface area contributed by atoms with Crippen molar-refractivity contribution in [2.45, 2.75) is 25.9 Å². The lowest BCUT2D eigenvalue weighted by Crippen LogP contribution is -2.25. The average Bonchev–Trinajstić information content (AvgIpc) is 2.94. The zero-order valence-electron chi connectivity index (χ0n) is 13.6. The standard InChI is InChI=1S/C20H21BrN2O/c21-17-7-2-4-9-20(17)24-13-5-12-23-18-8-3-1-6-15(18)16-10-11-22-14-19(16)23/h1-4,6-9,22H,5,10-14H2. The molecule has 1 N–H and O–H groups in total. The van der Waals surface area contributed by atoms with Crippen LogP contribution in [0, 0.1) is 0 Å². The van der Waals surface area contributed by atoms with Gasteiger partial charge in [0.05, 0.1) is 11.1 Å². The number of rotatable bonds is 5. The van der Waals surface area contributed by atoms with Crippen LogP contribution in [-0.4, -0.2) is 17.7 Å². The maximum absolute atomic E-state index is 5.92. The minimum Gasteiger partial charge on any atom is -0.492 e. The number of para-hydroxylation sites is 2. The number of ether oxygens (including phenoxy) is 1. The van der Waals surface area contributed by atoms with E-state index in [1.165, 1.54) is 22.2 Å². The fourth-order valence-corrected chi connectivity index (χ4v) is 3.95. The molecule has 24 heavy (non-hydrogen) atoms. The molecular formula is C20H21BrN2O. The van der Waals surface area contributed by atoms with E-state index in [-0.39, 0.29) is 0 Å². The lowest BCUT2D eigenvalue weighted by Gasteiger charge is -2.17. The Labute approximate surface area is 150 Å². The Morgan fingerprint density at radius 3 is 2.83 bits per heavy atom. The summed E-state index contributed by atoms with van der Waals surface area (Å²) >= 11 is 3.53. The van der Waals surface area contributed by atoms with Crippen LogP contribution < -0.4 is 10.1 Å². The van der Waals surface area contributed by atoms with E-state index in [9.17, 15) is 0 Å². The van der Waals surface area contributed by atoms with Crippen LogP contribution in [0.4, 0.5) is 0 Å². The molecule has 1 aliphatic rings. The number of nitrogens with zero attached hydrogens (tertiary/aromatic N) is 1. The monoisotopic (exact) mass is 384 g/mol. The summed E-state index contributed by atoms with van der Waals surface area (Å²) < 4.78 is 9.40. The van der Waals surface area contributed by atoms with Crippen molar-refractivity contribution in [1.29, 1.82) is 0 Å². The molecule has 0 bridgehead atoms. The SMILES string of the molecule is Brc1ccccc1OCCCn1c2c(c3ccccc31)CCNC2. The first kappa shape index (κ1) is 15.7. The van der Waals surface area contributed by atoms with Gasteiger partial charge >= 0.3 is 0 Å². The van der Waals surface area contributed by atoms with Crippen LogP contribution >= 0.6 is 15.9 Å². The van der Waals surface area contributed by atoms with E-state index in [1.54, 1.807) is 0 Å². The first-order valence-electron chi connectivity index (χ1n) is 8.51. The lowest BCUT2D eigenvalue weighted by atomic mass is 10.1. The summed E-state index contributed by atoms with van der Waals surface area (Å²) in [6, 6.07) is 16.8. The third-order valence-corrected chi connectivity index (χ3v) is 5.31. The number of aromatic nitrogens is 1. The van der Waals surface area contributed by atoms with Gasteiger partial charge in [0.1, 0.15) is 5.75 Å². The molecule has 0 atom stereocenters. The molecule has 3 nitrogen and oxygen atoms in total. The molecule has 1 aliphatic heterocycles. The molecule has 124 valence electrons. The van der Waals surface area contributed by atoms with E-state index >= 15 is 0 Å². The summed E-state index contributed by atoms with van der Waals surface area (Å²) in [6.45, 7) is 3.75. The lowest BCUT2D eigenvalue weighted by molar-refractivity contribution is 0.300. The first-order valence-corrected chi connectivity index (χ1v) is 9.31. The fourth-order valence-electron chi connectivity index (χ4n) is 3.55. The largest absolute Gasteiger partial charge is 0.492 e. The first-order chi connectivity index (χ1) is 11.8. The predicted octanol–water partition coefficient (Wildman–Crippen LogP) is 4.52. The fraction of sp³-hybridized carbons (Fsp3) is 0.300. The minimum atomic E-state index is 0.720. The Balaban J connectivity index is 1.50. The van der Waals surface area contributed by atoms with Crippen molar-refractivity contribution in [3.8, 4) is 5.75 Å². The van der Waals surface area contributed by atoms with E-state index in [0.29, 0.717) is 0 Å². The molecule has 4 heteroatoms. The zero-order valence-corrected chi connectivity index (χ0v) is 15.2. The maximum atomic E-state index is 5.92. The van der Waals surface area contributed by atoms with Crippen molar-refractivity contribution in [3.63, 3.8) is 0 Å². The molecule has 3 aromatic rings. The highest BCUT2D eigenvalue weighted by Gasteiger charge is 2.18. The number of hydrogen-bond donors (Lipinski definition) is 1. The Bertz CT molecular complexity index is 856. The van der Waals surface area contributed by atoms with E-state index in [1.807, 2.05) is 24.3 Å². The van der Waals surface area contributed by atoms with Gasteiger partial charge in [-0.05, 0) is 59.1 Å². The molecule has 0 fully saturated rings. The van der Waals surface area contributed by atoms with Gasteiger partial charge < -0.3 is 14.6 Å². The molecule has 2 heterocycles. The van der Waals surface area contributed by atoms with Crippen molar-refractivity contribution in [3.05, 3.63) is 64.3 Å². The van der Waals surface area contributed by atoms with Crippen molar-refractivity contribution in [1.82, 2.24) is 9.88 Å². The Kier molecular flexibility index (Phi) is 4.58. The second-order valence-electron chi connectivity index (χ2n) is 6.15. The van der Waals surface area contributed by atoms with Crippen LogP contribution in [0.1, 0.15) is 17.7 Å². The maximum Gasteiger partial charge on any atom is 0.133 e. The second kappa shape index (κ2) is 6.99. The van der Waals surface area contributed by atoms with Crippen LogP contribution in [0.5, 0.6) is 5.75 Å². The van der Waals surface area contributed by atoms with Gasteiger partial charge in [-0.2, -0.15) is 0 Å². The summed E-state index contributed by atoms with van der Waals surface area (Å²) in [5.41, 5.74) is 4.33. The third kappa shape index (κ3) is 2.96. The van der Waals surface area contributed by atoms with Crippen LogP contribution in [0.15, 0.2) is 53.0 Å². The number of nitrogens with one attached hydrogen (secondary N) is 1. The van der Waals surface area contributed by atoms with E-state index in [0.717, 1.165) is 49.3 Å². The predicted molar refractivity (Wildman–Crippen MR) is 102 cm³/mol. The average molecular weight is 385 g/mol. The molecule has 0 aliphatic carbocycles. The van der Waals surface area contributed by atoms with Crippen LogP contribution in [0.2, 0.25) is 0 Å². The highest BCUT2D eigenvalue weighted by Crippen LogP contribution is 2.29. The van der Waals surface area contributed by atoms with Gasteiger partial charge in [-0.15, -0.1) is 0 Å². The number of aryl methyl sites for hydroxylation is 1. The van der Waals surface area contributed by atoms with Gasteiger partial charge in [0.2, 0.25) is 0 Å². The Morgan fingerprint density at radius 2 is 1.92 bits per heavy atom. The zero-order chi connectivity index (χ0) is 16.4. The van der Waals surface area contributed by atoms with Crippen molar-refractivity contribution in [2.24, 2.45) is 0 Å². The van der Waals surface area contributed by atoms with E-state index in [2.05, 4.69) is 50.1 Å². The molecule has 0 spiro atoms. The number of halogens is 1. The minimum absolute atomic E-state index is 0.720. The summed E-state index contributed by atoms with van der Waals surface area (Å²) in [6.07, 6.45) is 2.11. The smallest absolute Gasteiger partial charge is 0.133 e. The topological polar surface area (TPSA) is 26.2 Å². The van der Waals surface area contributed by atoms with Gasteiger partial charge in [-0.1, -0.05) is 30.3 Å². The molecule has 2 aromatic carbocycles. The van der Waals surface area contributed by atoms with Gasteiger partial charge in [0.25, 0.3) is 0 Å². The van der Waals surface area contributed by atoms with Gasteiger partial charge in [0, 0.05) is 29.7 Å². The molecule has 0 radical (unpaired) electrons. The molecular weight excluding hydrogens is 364 g/mol. The molecule has 4 rings (SSSR count). The molecule has 0 unspecified atom stereocenters. The van der Waals surface area contributed by atoms with E-state index in [4.69, 9.17) is 4.74 Å². The summed E-state index contributed by atoms with van der Waals surface area (Å²) in [5, 5.41) is 4.93. The molecule has 0 saturated carbocycles. The summed E-state index contributed by atoms with van der Waals surface area (Å²) in [7, 11) is 0. The van der Waals surface area contributed by atoms with Gasteiger partial charge in [0.15, 0.2) is 0 Å². The third-order valence-electron chi connectivity index (χ3n) is 4.66. The second-order valence-corrected chi connectivity index (χ2v) is 7.01. The normalized spacial score (nSPS) is 13.9. The van der Waals surface area contributed by atoms with Gasteiger partial charge in [-0.3, -0.25) is 0 Å². The van der Waals surface area contributed by atoms with Crippen LogP contribution in [0.25, 0.3) is 10.9 Å². The van der Waals surface area contributed by atoms with Crippen LogP contribution in [0.3, 0.4) is 0 Å². The summed E-state index contributed by atoms with van der Waals surface area (Å²) in [5.74, 6) is 0.915. The highest BCUT2D eigenvalue weighted by molar-refractivity contribution is 9.10. The Hall–Kier alpha value is -1.78.